The van der Waals surface area contributed by atoms with Gasteiger partial charge in [0.15, 0.2) is 0 Å². The zero-order valence-corrected chi connectivity index (χ0v) is 10.2. The van der Waals surface area contributed by atoms with Crippen molar-refractivity contribution in [2.45, 2.75) is 51.5 Å². The first-order valence-electron chi connectivity index (χ1n) is 6.63. The van der Waals surface area contributed by atoms with Crippen molar-refractivity contribution in [3.8, 4) is 0 Å². The summed E-state index contributed by atoms with van der Waals surface area (Å²) < 4.78 is 0. The first-order chi connectivity index (χ1) is 7.66. The lowest BCUT2D eigenvalue weighted by Gasteiger charge is -2.38. The van der Waals surface area contributed by atoms with Crippen molar-refractivity contribution in [1.29, 1.82) is 0 Å². The Morgan fingerprint density at radius 2 is 1.94 bits per heavy atom. The van der Waals surface area contributed by atoms with Crippen LogP contribution in [-0.2, 0) is 4.79 Å². The molecule has 1 aliphatic heterocycles. The van der Waals surface area contributed by atoms with Gasteiger partial charge < -0.3 is 10.0 Å². The molecule has 2 aliphatic rings. The summed E-state index contributed by atoms with van der Waals surface area (Å²) in [6.45, 7) is 4.26. The third-order valence-corrected chi connectivity index (χ3v) is 4.40. The molecule has 0 spiro atoms. The summed E-state index contributed by atoms with van der Waals surface area (Å²) in [5, 5.41) is 8.94. The summed E-state index contributed by atoms with van der Waals surface area (Å²) in [5.41, 5.74) is 0. The summed E-state index contributed by atoms with van der Waals surface area (Å²) in [7, 11) is 0. The maximum Gasteiger partial charge on any atom is 0.306 e. The normalized spacial score (nSPS) is 26.3. The van der Waals surface area contributed by atoms with Gasteiger partial charge in [-0.2, -0.15) is 0 Å². The minimum Gasteiger partial charge on any atom is -0.481 e. The van der Waals surface area contributed by atoms with Gasteiger partial charge in [-0.05, 0) is 45.2 Å². The van der Waals surface area contributed by atoms with Crippen LogP contribution in [0, 0.1) is 11.8 Å². The minimum absolute atomic E-state index is 0.0906. The number of nitrogens with zero attached hydrogens (tertiary/aromatic N) is 1. The van der Waals surface area contributed by atoms with Crippen molar-refractivity contribution >= 4 is 5.97 Å². The maximum absolute atomic E-state index is 10.8. The monoisotopic (exact) mass is 225 g/mol. The van der Waals surface area contributed by atoms with Crippen LogP contribution < -0.4 is 0 Å². The van der Waals surface area contributed by atoms with Gasteiger partial charge in [-0.3, -0.25) is 4.79 Å². The lowest BCUT2D eigenvalue weighted by molar-refractivity contribution is -0.143. The van der Waals surface area contributed by atoms with E-state index in [1.165, 1.54) is 25.7 Å². The Morgan fingerprint density at radius 1 is 1.31 bits per heavy atom. The number of aliphatic carboxylic acids is 1. The number of likely N-dealkylation sites (tertiary alicyclic amines) is 1. The van der Waals surface area contributed by atoms with Crippen LogP contribution in [0.2, 0.25) is 0 Å². The van der Waals surface area contributed by atoms with E-state index in [4.69, 9.17) is 5.11 Å². The van der Waals surface area contributed by atoms with Crippen LogP contribution in [0.15, 0.2) is 0 Å². The second kappa shape index (κ2) is 5.17. The van der Waals surface area contributed by atoms with Crippen molar-refractivity contribution in [2.75, 3.05) is 13.1 Å². The molecule has 0 amide bonds. The largest absolute Gasteiger partial charge is 0.481 e. The van der Waals surface area contributed by atoms with Crippen molar-refractivity contribution in [3.63, 3.8) is 0 Å². The first-order valence-corrected chi connectivity index (χ1v) is 6.63. The van der Waals surface area contributed by atoms with Crippen LogP contribution in [0.4, 0.5) is 0 Å². The van der Waals surface area contributed by atoms with Gasteiger partial charge in [-0.15, -0.1) is 0 Å². The van der Waals surface area contributed by atoms with Crippen molar-refractivity contribution in [3.05, 3.63) is 0 Å². The Morgan fingerprint density at radius 3 is 2.38 bits per heavy atom. The predicted molar refractivity (Wildman–Crippen MR) is 63.4 cm³/mol. The topological polar surface area (TPSA) is 40.5 Å². The van der Waals surface area contributed by atoms with Gasteiger partial charge in [0.25, 0.3) is 0 Å². The summed E-state index contributed by atoms with van der Waals surface area (Å²) in [4.78, 5) is 13.3. The fourth-order valence-electron chi connectivity index (χ4n) is 2.95. The zero-order valence-electron chi connectivity index (χ0n) is 10.2. The Kier molecular flexibility index (Phi) is 3.85. The van der Waals surface area contributed by atoms with Crippen LogP contribution in [0.5, 0.6) is 0 Å². The standard InChI is InChI=1S/C13H23NO2/c1-10(9-11-3-2-4-11)14-7-5-12(6-8-14)13(15)16/h10-12H,2-9H2,1H3,(H,15,16). The Labute approximate surface area is 97.8 Å². The molecule has 1 aliphatic carbocycles. The SMILES string of the molecule is CC(CC1CCC1)N1CCC(C(=O)O)CC1. The van der Waals surface area contributed by atoms with E-state index in [0.717, 1.165) is 31.8 Å². The Bertz CT molecular complexity index is 242. The number of piperidine rings is 1. The van der Waals surface area contributed by atoms with Gasteiger partial charge in [0.2, 0.25) is 0 Å². The van der Waals surface area contributed by atoms with E-state index in [9.17, 15) is 4.79 Å². The number of carboxylic acid groups (broad SMARTS) is 1. The average Bonchev–Trinajstić information content (AvgIpc) is 2.23. The highest BCUT2D eigenvalue weighted by molar-refractivity contribution is 5.70. The van der Waals surface area contributed by atoms with E-state index >= 15 is 0 Å². The van der Waals surface area contributed by atoms with Crippen molar-refractivity contribution < 1.29 is 9.90 Å². The molecule has 0 aromatic heterocycles. The predicted octanol–water partition coefficient (Wildman–Crippen LogP) is 2.36. The van der Waals surface area contributed by atoms with E-state index in [1.807, 2.05) is 0 Å². The smallest absolute Gasteiger partial charge is 0.306 e. The summed E-state index contributed by atoms with van der Waals surface area (Å²) in [5.74, 6) is 0.255. The molecule has 1 atom stereocenters. The van der Waals surface area contributed by atoms with Gasteiger partial charge >= 0.3 is 5.97 Å². The number of hydrogen-bond acceptors (Lipinski definition) is 2. The molecule has 1 N–H and O–H groups in total. The van der Waals surface area contributed by atoms with E-state index in [-0.39, 0.29) is 5.92 Å². The summed E-state index contributed by atoms with van der Waals surface area (Å²) in [6.07, 6.45) is 7.23. The molecule has 3 nitrogen and oxygen atoms in total. The van der Waals surface area contributed by atoms with Gasteiger partial charge in [0.05, 0.1) is 5.92 Å². The van der Waals surface area contributed by atoms with E-state index in [1.54, 1.807) is 0 Å². The number of rotatable bonds is 4. The first kappa shape index (κ1) is 11.9. The third-order valence-electron chi connectivity index (χ3n) is 4.40. The van der Waals surface area contributed by atoms with Crippen LogP contribution >= 0.6 is 0 Å². The van der Waals surface area contributed by atoms with Gasteiger partial charge in [0, 0.05) is 6.04 Å². The molecule has 3 heteroatoms. The highest BCUT2D eigenvalue weighted by atomic mass is 16.4. The minimum atomic E-state index is -0.605. The molecule has 1 saturated heterocycles. The average molecular weight is 225 g/mol. The summed E-state index contributed by atoms with van der Waals surface area (Å²) in [6, 6.07) is 0.653. The zero-order chi connectivity index (χ0) is 11.5. The van der Waals surface area contributed by atoms with Crippen LogP contribution in [0.1, 0.15) is 45.4 Å². The molecular weight excluding hydrogens is 202 g/mol. The lowest BCUT2D eigenvalue weighted by atomic mass is 9.80. The molecule has 0 bridgehead atoms. The van der Waals surface area contributed by atoms with Crippen molar-refractivity contribution in [1.82, 2.24) is 4.90 Å². The third kappa shape index (κ3) is 2.76. The van der Waals surface area contributed by atoms with Crippen LogP contribution in [0.25, 0.3) is 0 Å². The van der Waals surface area contributed by atoms with Gasteiger partial charge in [0.1, 0.15) is 0 Å². The molecule has 2 fully saturated rings. The van der Waals surface area contributed by atoms with E-state index in [2.05, 4.69) is 11.8 Å². The van der Waals surface area contributed by atoms with Crippen LogP contribution in [-0.4, -0.2) is 35.1 Å². The molecule has 16 heavy (non-hydrogen) atoms. The quantitative estimate of drug-likeness (QED) is 0.798. The molecule has 1 saturated carbocycles. The van der Waals surface area contributed by atoms with E-state index < -0.39 is 5.97 Å². The number of carbonyl (C=O) groups is 1. The Balaban J connectivity index is 1.72. The van der Waals surface area contributed by atoms with Crippen molar-refractivity contribution in [2.24, 2.45) is 11.8 Å². The van der Waals surface area contributed by atoms with Gasteiger partial charge in [-0.25, -0.2) is 0 Å². The molecule has 0 radical (unpaired) electrons. The maximum atomic E-state index is 10.8. The van der Waals surface area contributed by atoms with E-state index in [0.29, 0.717) is 6.04 Å². The lowest BCUT2D eigenvalue weighted by Crippen LogP contribution is -2.42. The molecule has 1 unspecified atom stereocenters. The fraction of sp³-hybridized carbons (Fsp3) is 0.923. The molecule has 0 aromatic rings. The fourth-order valence-corrected chi connectivity index (χ4v) is 2.95. The highest BCUT2D eigenvalue weighted by Gasteiger charge is 2.28. The second-order valence-corrected chi connectivity index (χ2v) is 5.53. The molecule has 92 valence electrons. The molecule has 1 heterocycles. The van der Waals surface area contributed by atoms with Crippen LogP contribution in [0.3, 0.4) is 0 Å². The number of hydrogen-bond donors (Lipinski definition) is 1. The van der Waals surface area contributed by atoms with Gasteiger partial charge in [-0.1, -0.05) is 19.3 Å². The molecule has 0 aromatic carbocycles. The number of carboxylic acids is 1. The Hall–Kier alpha value is -0.570. The summed E-state index contributed by atoms with van der Waals surface area (Å²) >= 11 is 0. The second-order valence-electron chi connectivity index (χ2n) is 5.53. The highest BCUT2D eigenvalue weighted by Crippen LogP contribution is 2.32. The molecule has 2 rings (SSSR count). The molecular formula is C13H23NO2.